The maximum atomic E-state index is 11.7. The Bertz CT molecular complexity index is 542. The zero-order valence-corrected chi connectivity index (χ0v) is 10.9. The van der Waals surface area contributed by atoms with Gasteiger partial charge in [0.25, 0.3) is 0 Å². The largest absolute Gasteiger partial charge is 0.468 e. The molecule has 0 spiro atoms. The van der Waals surface area contributed by atoms with E-state index < -0.39 is 17.9 Å². The zero-order valence-electron chi connectivity index (χ0n) is 10.2. The van der Waals surface area contributed by atoms with Crippen LogP contribution in [-0.4, -0.2) is 36.4 Å². The predicted octanol–water partition coefficient (Wildman–Crippen LogP) is 1.23. The van der Waals surface area contributed by atoms with E-state index in [9.17, 15) is 9.59 Å². The fourth-order valence-electron chi connectivity index (χ4n) is 1.85. The molecule has 1 unspecified atom stereocenters. The van der Waals surface area contributed by atoms with E-state index in [2.05, 4.69) is 5.10 Å². The van der Waals surface area contributed by atoms with Crippen LogP contribution in [-0.2, 0) is 9.53 Å². The van der Waals surface area contributed by atoms with E-state index in [4.69, 9.17) is 22.1 Å². The minimum Gasteiger partial charge on any atom is -0.468 e. The first kappa shape index (κ1) is 13.4. The molecule has 0 fully saturated rings. The lowest BCUT2D eigenvalue weighted by atomic mass is 9.98. The third kappa shape index (κ3) is 2.68. The van der Waals surface area contributed by atoms with Crippen molar-refractivity contribution in [3.05, 3.63) is 34.9 Å². The summed E-state index contributed by atoms with van der Waals surface area (Å²) in [4.78, 5) is 22.9. The minimum absolute atomic E-state index is 0.0833. The molecule has 6 nitrogen and oxygen atoms in total. The zero-order chi connectivity index (χ0) is 14.0. The number of hydrogen-bond acceptors (Lipinski definition) is 4. The van der Waals surface area contributed by atoms with Gasteiger partial charge < -0.3 is 10.5 Å². The van der Waals surface area contributed by atoms with Gasteiger partial charge in [-0.25, -0.2) is 9.80 Å². The highest BCUT2D eigenvalue weighted by molar-refractivity contribution is 6.30. The summed E-state index contributed by atoms with van der Waals surface area (Å²) in [5, 5.41) is 5.69. The summed E-state index contributed by atoms with van der Waals surface area (Å²) in [6.07, 6.45) is 0. The standard InChI is InChI=1S/C12H12ClN3O3/c1-19-11(17)9-6-16(12(14)18)15-10(9)7-2-4-8(13)5-3-7/h2-5,9H,6H2,1H3,(H2,14,18). The average molecular weight is 282 g/mol. The van der Waals surface area contributed by atoms with Crippen LogP contribution in [0.5, 0.6) is 0 Å². The summed E-state index contributed by atoms with van der Waals surface area (Å²) < 4.78 is 4.71. The van der Waals surface area contributed by atoms with Gasteiger partial charge in [-0.1, -0.05) is 23.7 Å². The van der Waals surface area contributed by atoms with E-state index in [1.165, 1.54) is 7.11 Å². The maximum Gasteiger partial charge on any atom is 0.335 e. The van der Waals surface area contributed by atoms with Gasteiger partial charge in [0.15, 0.2) is 0 Å². The van der Waals surface area contributed by atoms with Crippen molar-refractivity contribution in [2.75, 3.05) is 13.7 Å². The molecule has 0 bridgehead atoms. The number of amides is 2. The molecule has 1 aromatic rings. The van der Waals surface area contributed by atoms with E-state index in [0.717, 1.165) is 5.01 Å². The maximum absolute atomic E-state index is 11.7. The lowest BCUT2D eigenvalue weighted by molar-refractivity contribution is -0.142. The normalized spacial score (nSPS) is 18.1. The molecule has 0 saturated heterocycles. The van der Waals surface area contributed by atoms with Crippen LogP contribution in [0.25, 0.3) is 0 Å². The molecule has 100 valence electrons. The van der Waals surface area contributed by atoms with Crippen molar-refractivity contribution in [3.63, 3.8) is 0 Å². The number of rotatable bonds is 2. The number of halogens is 1. The highest BCUT2D eigenvalue weighted by atomic mass is 35.5. The summed E-state index contributed by atoms with van der Waals surface area (Å²) in [5.41, 5.74) is 6.32. The molecule has 1 aliphatic heterocycles. The smallest absolute Gasteiger partial charge is 0.335 e. The van der Waals surface area contributed by atoms with E-state index in [1.807, 2.05) is 0 Å². The lowest BCUT2D eigenvalue weighted by Gasteiger charge is -2.10. The SMILES string of the molecule is COC(=O)C1CN(C(N)=O)N=C1c1ccc(Cl)cc1. The summed E-state index contributed by atoms with van der Waals surface area (Å²) >= 11 is 5.81. The average Bonchev–Trinajstić information content (AvgIpc) is 2.84. The van der Waals surface area contributed by atoms with Crippen LogP contribution >= 0.6 is 11.6 Å². The summed E-state index contributed by atoms with van der Waals surface area (Å²) in [6.45, 7) is 0.0833. The molecule has 0 aromatic heterocycles. The molecule has 0 saturated carbocycles. The predicted molar refractivity (Wildman–Crippen MR) is 69.8 cm³/mol. The highest BCUT2D eigenvalue weighted by Crippen LogP contribution is 2.22. The molecular formula is C12H12ClN3O3. The molecule has 1 aliphatic rings. The van der Waals surface area contributed by atoms with Crippen LogP contribution in [0.3, 0.4) is 0 Å². The van der Waals surface area contributed by atoms with Crippen molar-refractivity contribution in [1.82, 2.24) is 5.01 Å². The Morgan fingerprint density at radius 3 is 2.58 bits per heavy atom. The number of carbonyl (C=O) groups is 2. The van der Waals surface area contributed by atoms with Gasteiger partial charge in [-0.05, 0) is 17.7 Å². The Morgan fingerprint density at radius 2 is 2.05 bits per heavy atom. The number of hydrazone groups is 1. The Kier molecular flexibility index (Phi) is 3.71. The Balaban J connectivity index is 2.37. The molecule has 0 radical (unpaired) electrons. The third-order valence-corrected chi connectivity index (χ3v) is 3.05. The fraction of sp³-hybridized carbons (Fsp3) is 0.250. The van der Waals surface area contributed by atoms with Gasteiger partial charge in [-0.2, -0.15) is 5.10 Å². The molecule has 2 N–H and O–H groups in total. The highest BCUT2D eigenvalue weighted by Gasteiger charge is 2.36. The third-order valence-electron chi connectivity index (χ3n) is 2.79. The number of benzene rings is 1. The minimum atomic E-state index is -0.710. The van der Waals surface area contributed by atoms with E-state index >= 15 is 0 Å². The van der Waals surface area contributed by atoms with Crippen LogP contribution in [0, 0.1) is 5.92 Å². The quantitative estimate of drug-likeness (QED) is 0.827. The van der Waals surface area contributed by atoms with Gasteiger partial charge in [0.2, 0.25) is 0 Å². The second-order valence-corrected chi connectivity index (χ2v) is 4.42. The van der Waals surface area contributed by atoms with Crippen LogP contribution in [0.1, 0.15) is 5.56 Å². The Morgan fingerprint density at radius 1 is 1.42 bits per heavy atom. The van der Waals surface area contributed by atoms with Gasteiger partial charge in [0.1, 0.15) is 5.92 Å². The topological polar surface area (TPSA) is 85.0 Å². The van der Waals surface area contributed by atoms with Crippen molar-refractivity contribution >= 4 is 29.3 Å². The van der Waals surface area contributed by atoms with Crippen molar-refractivity contribution in [2.45, 2.75) is 0 Å². The van der Waals surface area contributed by atoms with Crippen molar-refractivity contribution in [3.8, 4) is 0 Å². The number of carbonyl (C=O) groups excluding carboxylic acids is 2. The summed E-state index contributed by atoms with van der Waals surface area (Å²) in [6, 6.07) is 6.10. The molecule has 19 heavy (non-hydrogen) atoms. The van der Waals surface area contributed by atoms with E-state index in [-0.39, 0.29) is 6.54 Å². The Hall–Kier alpha value is -2.08. The fourth-order valence-corrected chi connectivity index (χ4v) is 1.97. The number of ether oxygens (including phenoxy) is 1. The molecule has 0 aliphatic carbocycles. The number of urea groups is 1. The number of methoxy groups -OCH3 is 1. The molecule has 2 amide bonds. The number of hydrogen-bond donors (Lipinski definition) is 1. The Labute approximate surface area is 114 Å². The number of esters is 1. The first-order valence-electron chi connectivity index (χ1n) is 5.52. The molecular weight excluding hydrogens is 270 g/mol. The monoisotopic (exact) mass is 281 g/mol. The van der Waals surface area contributed by atoms with Crippen molar-refractivity contribution in [2.24, 2.45) is 16.8 Å². The van der Waals surface area contributed by atoms with Crippen LogP contribution in [0.4, 0.5) is 4.79 Å². The van der Waals surface area contributed by atoms with Gasteiger partial charge in [0, 0.05) is 5.02 Å². The van der Waals surface area contributed by atoms with Gasteiger partial charge >= 0.3 is 12.0 Å². The van der Waals surface area contributed by atoms with Crippen LogP contribution in [0.2, 0.25) is 5.02 Å². The van der Waals surface area contributed by atoms with E-state index in [0.29, 0.717) is 16.3 Å². The summed E-state index contributed by atoms with van der Waals surface area (Å²) in [7, 11) is 1.29. The second kappa shape index (κ2) is 5.27. The molecule has 1 heterocycles. The van der Waals surface area contributed by atoms with Crippen molar-refractivity contribution < 1.29 is 14.3 Å². The molecule has 7 heteroatoms. The van der Waals surface area contributed by atoms with E-state index in [1.54, 1.807) is 24.3 Å². The first-order valence-corrected chi connectivity index (χ1v) is 5.90. The molecule has 1 aromatic carbocycles. The lowest BCUT2D eigenvalue weighted by Crippen LogP contribution is -2.34. The molecule has 2 rings (SSSR count). The van der Waals surface area contributed by atoms with Crippen LogP contribution < -0.4 is 5.73 Å². The van der Waals surface area contributed by atoms with Gasteiger partial charge in [-0.15, -0.1) is 0 Å². The number of nitrogens with zero attached hydrogens (tertiary/aromatic N) is 2. The van der Waals surface area contributed by atoms with Gasteiger partial charge in [0.05, 0.1) is 19.4 Å². The second-order valence-electron chi connectivity index (χ2n) is 3.99. The number of primary amides is 1. The molecule has 1 atom stereocenters. The summed E-state index contributed by atoms with van der Waals surface area (Å²) in [5.74, 6) is -1.10. The van der Waals surface area contributed by atoms with Gasteiger partial charge in [-0.3, -0.25) is 4.79 Å². The number of nitrogens with two attached hydrogens (primary N) is 1. The van der Waals surface area contributed by atoms with Crippen molar-refractivity contribution in [1.29, 1.82) is 0 Å². The first-order chi connectivity index (χ1) is 9.02. The van der Waals surface area contributed by atoms with Crippen LogP contribution in [0.15, 0.2) is 29.4 Å².